The van der Waals surface area contributed by atoms with E-state index in [9.17, 15) is 8.42 Å². The summed E-state index contributed by atoms with van der Waals surface area (Å²) in [4.78, 5) is 2.20. The molecule has 0 aliphatic heterocycles. The highest BCUT2D eigenvalue weighted by Crippen LogP contribution is 2.19. The average molecular weight is 323 g/mol. The molecule has 1 aromatic heterocycles. The highest BCUT2D eigenvalue weighted by Gasteiger charge is 2.23. The third-order valence-electron chi connectivity index (χ3n) is 3.22. The van der Waals surface area contributed by atoms with Crippen molar-refractivity contribution >= 4 is 10.0 Å². The molecule has 0 fully saturated rings. The second kappa shape index (κ2) is 6.60. The van der Waals surface area contributed by atoms with Crippen LogP contribution in [0.2, 0.25) is 0 Å². The van der Waals surface area contributed by atoms with Crippen LogP contribution in [0, 0.1) is 13.8 Å². The summed E-state index contributed by atoms with van der Waals surface area (Å²) in [6.07, 6.45) is 0. The maximum atomic E-state index is 12.3. The SMILES string of the molecule is Cc1noc(C)c1S(=O)(=O)NCc1ccc(CN(C)C)cc1. The second-order valence-electron chi connectivity index (χ2n) is 5.53. The lowest BCUT2D eigenvalue weighted by Gasteiger charge is -2.10. The zero-order chi connectivity index (χ0) is 16.3. The minimum Gasteiger partial charge on any atom is -0.360 e. The third kappa shape index (κ3) is 3.94. The summed E-state index contributed by atoms with van der Waals surface area (Å²) in [6, 6.07) is 7.85. The van der Waals surface area contributed by atoms with Gasteiger partial charge < -0.3 is 9.42 Å². The van der Waals surface area contributed by atoms with E-state index in [0.717, 1.165) is 12.1 Å². The van der Waals surface area contributed by atoms with Crippen LogP contribution in [-0.2, 0) is 23.1 Å². The predicted molar refractivity (Wildman–Crippen MR) is 83.8 cm³/mol. The second-order valence-corrected chi connectivity index (χ2v) is 7.24. The van der Waals surface area contributed by atoms with E-state index < -0.39 is 10.0 Å². The number of sulfonamides is 1. The molecule has 0 aliphatic carbocycles. The summed E-state index contributed by atoms with van der Waals surface area (Å²) in [5.41, 5.74) is 2.45. The van der Waals surface area contributed by atoms with E-state index in [4.69, 9.17) is 4.52 Å². The van der Waals surface area contributed by atoms with Crippen molar-refractivity contribution in [2.45, 2.75) is 31.8 Å². The van der Waals surface area contributed by atoms with Crippen molar-refractivity contribution < 1.29 is 12.9 Å². The molecule has 1 heterocycles. The Morgan fingerprint density at radius 1 is 1.14 bits per heavy atom. The van der Waals surface area contributed by atoms with Crippen LogP contribution in [0.5, 0.6) is 0 Å². The molecule has 0 spiro atoms. The highest BCUT2D eigenvalue weighted by molar-refractivity contribution is 7.89. The van der Waals surface area contributed by atoms with Gasteiger partial charge in [-0.1, -0.05) is 29.4 Å². The van der Waals surface area contributed by atoms with Crippen molar-refractivity contribution in [3.05, 3.63) is 46.8 Å². The molecule has 0 radical (unpaired) electrons. The Balaban J connectivity index is 2.06. The van der Waals surface area contributed by atoms with E-state index in [0.29, 0.717) is 11.5 Å². The molecule has 0 aliphatic rings. The first-order valence-corrected chi connectivity index (χ1v) is 8.43. The minimum absolute atomic E-state index is 0.122. The van der Waals surface area contributed by atoms with E-state index in [1.807, 2.05) is 38.4 Å². The van der Waals surface area contributed by atoms with Gasteiger partial charge in [-0.3, -0.25) is 0 Å². The first kappa shape index (κ1) is 16.7. The number of nitrogens with one attached hydrogen (secondary N) is 1. The fraction of sp³-hybridized carbons (Fsp3) is 0.400. The van der Waals surface area contributed by atoms with Gasteiger partial charge in [0.15, 0.2) is 5.76 Å². The molecule has 0 saturated carbocycles. The number of hydrogen-bond acceptors (Lipinski definition) is 5. The number of rotatable bonds is 6. The number of nitrogens with zero attached hydrogens (tertiary/aromatic N) is 2. The molecular weight excluding hydrogens is 302 g/mol. The first-order valence-electron chi connectivity index (χ1n) is 6.94. The van der Waals surface area contributed by atoms with Crippen LogP contribution in [0.4, 0.5) is 0 Å². The molecule has 2 aromatic rings. The summed E-state index contributed by atoms with van der Waals surface area (Å²) >= 11 is 0. The van der Waals surface area contributed by atoms with Crippen molar-refractivity contribution in [3.8, 4) is 0 Å². The fourth-order valence-electron chi connectivity index (χ4n) is 2.24. The van der Waals surface area contributed by atoms with Gasteiger partial charge in [0.2, 0.25) is 10.0 Å². The number of benzene rings is 1. The van der Waals surface area contributed by atoms with Gasteiger partial charge in [0.1, 0.15) is 10.6 Å². The molecule has 22 heavy (non-hydrogen) atoms. The number of aryl methyl sites for hydroxylation is 2. The van der Waals surface area contributed by atoms with Crippen LogP contribution in [0.3, 0.4) is 0 Å². The molecule has 0 bridgehead atoms. The Morgan fingerprint density at radius 3 is 2.23 bits per heavy atom. The first-order chi connectivity index (χ1) is 10.3. The molecule has 6 nitrogen and oxygen atoms in total. The molecule has 2 rings (SSSR count). The van der Waals surface area contributed by atoms with Gasteiger partial charge in [-0.15, -0.1) is 0 Å². The molecule has 0 saturated heterocycles. The van der Waals surface area contributed by atoms with Gasteiger partial charge in [-0.05, 0) is 39.1 Å². The largest absolute Gasteiger partial charge is 0.360 e. The van der Waals surface area contributed by atoms with Gasteiger partial charge in [-0.25, -0.2) is 13.1 Å². The summed E-state index contributed by atoms with van der Waals surface area (Å²) in [6.45, 7) is 4.28. The quantitative estimate of drug-likeness (QED) is 0.878. The van der Waals surface area contributed by atoms with Crippen LogP contribution in [0.15, 0.2) is 33.7 Å². The number of aromatic nitrogens is 1. The van der Waals surface area contributed by atoms with Crippen molar-refractivity contribution in [2.24, 2.45) is 0 Å². The molecule has 0 atom stereocenters. The van der Waals surface area contributed by atoms with Crippen LogP contribution < -0.4 is 4.72 Å². The molecule has 7 heteroatoms. The van der Waals surface area contributed by atoms with E-state index in [-0.39, 0.29) is 11.4 Å². The number of hydrogen-bond donors (Lipinski definition) is 1. The van der Waals surface area contributed by atoms with Crippen LogP contribution in [0.25, 0.3) is 0 Å². The van der Waals surface area contributed by atoms with E-state index >= 15 is 0 Å². The molecule has 0 amide bonds. The minimum atomic E-state index is -3.62. The van der Waals surface area contributed by atoms with Crippen molar-refractivity contribution in [1.29, 1.82) is 0 Å². The van der Waals surface area contributed by atoms with E-state index in [1.54, 1.807) is 13.8 Å². The molecule has 120 valence electrons. The molecule has 1 aromatic carbocycles. The van der Waals surface area contributed by atoms with Gasteiger partial charge in [-0.2, -0.15) is 0 Å². The Morgan fingerprint density at radius 2 is 1.73 bits per heavy atom. The van der Waals surface area contributed by atoms with Gasteiger partial charge >= 0.3 is 0 Å². The van der Waals surface area contributed by atoms with E-state index in [1.165, 1.54) is 5.56 Å². The summed E-state index contributed by atoms with van der Waals surface area (Å²) in [7, 11) is 0.391. The Kier molecular flexibility index (Phi) is 5.00. The van der Waals surface area contributed by atoms with Gasteiger partial charge in [0, 0.05) is 13.1 Å². The zero-order valence-electron chi connectivity index (χ0n) is 13.3. The Bertz CT molecular complexity index is 714. The maximum Gasteiger partial charge on any atom is 0.246 e. The maximum absolute atomic E-state index is 12.3. The lowest BCUT2D eigenvalue weighted by Crippen LogP contribution is -2.24. The lowest BCUT2D eigenvalue weighted by molar-refractivity contribution is 0.390. The zero-order valence-corrected chi connectivity index (χ0v) is 14.1. The normalized spacial score (nSPS) is 12.0. The molecule has 0 unspecified atom stereocenters. The average Bonchev–Trinajstić information content (AvgIpc) is 2.77. The van der Waals surface area contributed by atoms with Crippen LogP contribution >= 0.6 is 0 Å². The standard InChI is InChI=1S/C15H21N3O3S/c1-11-15(12(2)21-17-11)22(19,20)16-9-13-5-7-14(8-6-13)10-18(3)4/h5-8,16H,9-10H2,1-4H3. The van der Waals surface area contributed by atoms with Crippen molar-refractivity contribution in [3.63, 3.8) is 0 Å². The monoisotopic (exact) mass is 323 g/mol. The van der Waals surface area contributed by atoms with Crippen molar-refractivity contribution in [2.75, 3.05) is 14.1 Å². The van der Waals surface area contributed by atoms with Crippen LogP contribution in [0.1, 0.15) is 22.6 Å². The smallest absolute Gasteiger partial charge is 0.246 e. The highest BCUT2D eigenvalue weighted by atomic mass is 32.2. The molecule has 1 N–H and O–H groups in total. The van der Waals surface area contributed by atoms with Gasteiger partial charge in [0.05, 0.1) is 0 Å². The fourth-order valence-corrected chi connectivity index (χ4v) is 3.58. The topological polar surface area (TPSA) is 75.4 Å². The summed E-state index contributed by atoms with van der Waals surface area (Å²) in [5.74, 6) is 0.298. The molecular formula is C15H21N3O3S. The summed E-state index contributed by atoms with van der Waals surface area (Å²) in [5, 5.41) is 3.68. The van der Waals surface area contributed by atoms with Crippen molar-refractivity contribution in [1.82, 2.24) is 14.8 Å². The van der Waals surface area contributed by atoms with Crippen LogP contribution in [-0.4, -0.2) is 32.6 Å². The lowest BCUT2D eigenvalue weighted by atomic mass is 10.1. The third-order valence-corrected chi connectivity index (χ3v) is 4.87. The summed E-state index contributed by atoms with van der Waals surface area (Å²) < 4.78 is 32.1. The van der Waals surface area contributed by atoms with E-state index in [2.05, 4.69) is 14.8 Å². The van der Waals surface area contributed by atoms with Gasteiger partial charge in [0.25, 0.3) is 0 Å². The Hall–Kier alpha value is -1.70. The Labute approximate surface area is 131 Å². The predicted octanol–water partition coefficient (Wildman–Crippen LogP) is 1.83.